The number of hydrogen-bond acceptors (Lipinski definition) is 4. The summed E-state index contributed by atoms with van der Waals surface area (Å²) in [6.07, 6.45) is 0. The van der Waals surface area contributed by atoms with Crippen molar-refractivity contribution >= 4 is 11.7 Å². The molecule has 0 atom stereocenters. The smallest absolute Gasteiger partial charge is 0.319 e. The quantitative estimate of drug-likeness (QED) is 0.878. The third kappa shape index (κ3) is 4.87. The average molecular weight is 341 g/mol. The number of carbonyl (C=O) groups excluding carboxylic acids is 1. The zero-order chi connectivity index (χ0) is 17.6. The Morgan fingerprint density at radius 3 is 2.40 bits per heavy atom. The van der Waals surface area contributed by atoms with E-state index in [0.717, 1.165) is 12.1 Å². The van der Waals surface area contributed by atoms with Gasteiger partial charge in [0, 0.05) is 24.8 Å². The molecule has 0 fully saturated rings. The lowest BCUT2D eigenvalue weighted by Gasteiger charge is -2.19. The Morgan fingerprint density at radius 2 is 1.68 bits per heavy atom. The molecule has 25 heavy (non-hydrogen) atoms. The summed E-state index contributed by atoms with van der Waals surface area (Å²) in [5.41, 5.74) is 2.97. The van der Waals surface area contributed by atoms with E-state index in [1.165, 1.54) is 5.56 Å². The van der Waals surface area contributed by atoms with Crippen LogP contribution in [0.4, 0.5) is 10.5 Å². The molecule has 0 spiro atoms. The van der Waals surface area contributed by atoms with E-state index in [9.17, 15) is 4.79 Å². The van der Waals surface area contributed by atoms with Gasteiger partial charge in [0.25, 0.3) is 0 Å². The number of fused-ring (bicyclic) bond motifs is 1. The first-order valence-electron chi connectivity index (χ1n) is 8.27. The van der Waals surface area contributed by atoms with Gasteiger partial charge in [0.05, 0.1) is 0 Å². The number of ether oxygens (including phenoxy) is 2. The second-order valence-corrected chi connectivity index (χ2v) is 6.22. The fourth-order valence-electron chi connectivity index (χ4n) is 2.61. The molecule has 0 radical (unpaired) electrons. The lowest BCUT2D eigenvalue weighted by atomic mass is 10.1. The normalized spacial score (nSPS) is 12.8. The summed E-state index contributed by atoms with van der Waals surface area (Å²) in [6, 6.07) is 13.3. The maximum absolute atomic E-state index is 12.1. The molecule has 2 N–H and O–H groups in total. The van der Waals surface area contributed by atoms with Crippen molar-refractivity contribution in [2.75, 3.05) is 32.6 Å². The first-order chi connectivity index (χ1) is 12.1. The molecule has 132 valence electrons. The van der Waals surface area contributed by atoms with Gasteiger partial charge in [-0.3, -0.25) is 0 Å². The summed E-state index contributed by atoms with van der Waals surface area (Å²) in [7, 11) is 4.08. The van der Waals surface area contributed by atoms with Crippen LogP contribution in [0, 0.1) is 0 Å². The molecule has 3 rings (SSSR count). The third-order valence-electron chi connectivity index (χ3n) is 3.77. The van der Waals surface area contributed by atoms with Crippen molar-refractivity contribution in [3.05, 3.63) is 53.6 Å². The Bertz CT molecular complexity index is 729. The number of nitrogens with one attached hydrogen (secondary N) is 2. The largest absolute Gasteiger partial charge is 0.486 e. The summed E-state index contributed by atoms with van der Waals surface area (Å²) < 4.78 is 11.0. The number of amides is 2. The van der Waals surface area contributed by atoms with E-state index in [1.807, 2.05) is 26.2 Å². The molecule has 0 saturated carbocycles. The molecule has 0 saturated heterocycles. The van der Waals surface area contributed by atoms with Crippen molar-refractivity contribution in [2.24, 2.45) is 0 Å². The van der Waals surface area contributed by atoms with Crippen molar-refractivity contribution in [1.82, 2.24) is 10.2 Å². The highest BCUT2D eigenvalue weighted by atomic mass is 16.6. The second kappa shape index (κ2) is 7.90. The van der Waals surface area contributed by atoms with Gasteiger partial charge in [0.1, 0.15) is 13.2 Å². The van der Waals surface area contributed by atoms with Gasteiger partial charge in [-0.1, -0.05) is 24.3 Å². The number of anilines is 1. The van der Waals surface area contributed by atoms with E-state index < -0.39 is 0 Å². The Morgan fingerprint density at radius 1 is 1.00 bits per heavy atom. The van der Waals surface area contributed by atoms with Crippen LogP contribution in [0.25, 0.3) is 0 Å². The van der Waals surface area contributed by atoms with Gasteiger partial charge in [0.2, 0.25) is 0 Å². The van der Waals surface area contributed by atoms with Crippen molar-refractivity contribution in [3.63, 3.8) is 0 Å². The number of benzene rings is 2. The molecule has 2 amide bonds. The minimum atomic E-state index is -0.256. The van der Waals surface area contributed by atoms with Crippen LogP contribution in [0.3, 0.4) is 0 Å². The number of carbonyl (C=O) groups is 1. The van der Waals surface area contributed by atoms with E-state index in [1.54, 1.807) is 18.2 Å². The number of urea groups is 1. The molecular weight excluding hydrogens is 318 g/mol. The SMILES string of the molecule is CN(C)Cc1ccc(CNC(=O)Nc2ccc3c(c2)OCCO3)cc1. The Hall–Kier alpha value is -2.73. The van der Waals surface area contributed by atoms with Gasteiger partial charge in [-0.2, -0.15) is 0 Å². The standard InChI is InChI=1S/C19H23N3O3/c1-22(2)13-15-5-3-14(4-6-15)12-20-19(23)21-16-7-8-17-18(11-16)25-10-9-24-17/h3-8,11H,9-10,12-13H2,1-2H3,(H2,20,21,23). The van der Waals surface area contributed by atoms with Gasteiger partial charge < -0.3 is 25.0 Å². The maximum Gasteiger partial charge on any atom is 0.319 e. The molecule has 0 aliphatic carbocycles. The van der Waals surface area contributed by atoms with Crippen LogP contribution in [0.2, 0.25) is 0 Å². The Balaban J connectivity index is 1.51. The highest BCUT2D eigenvalue weighted by Gasteiger charge is 2.12. The van der Waals surface area contributed by atoms with E-state index in [-0.39, 0.29) is 6.03 Å². The maximum atomic E-state index is 12.1. The monoisotopic (exact) mass is 341 g/mol. The second-order valence-electron chi connectivity index (χ2n) is 6.22. The third-order valence-corrected chi connectivity index (χ3v) is 3.77. The molecule has 0 aromatic heterocycles. The molecule has 1 heterocycles. The predicted molar refractivity (Wildman–Crippen MR) is 97.1 cm³/mol. The van der Waals surface area contributed by atoms with E-state index in [0.29, 0.717) is 36.9 Å². The summed E-state index contributed by atoms with van der Waals surface area (Å²) in [5, 5.41) is 5.66. The van der Waals surface area contributed by atoms with E-state index in [4.69, 9.17) is 9.47 Å². The Labute approximate surface area is 147 Å². The molecule has 0 bridgehead atoms. The number of nitrogens with zero attached hydrogens (tertiary/aromatic N) is 1. The van der Waals surface area contributed by atoms with Crippen LogP contribution in [0.1, 0.15) is 11.1 Å². The predicted octanol–water partition coefficient (Wildman–Crippen LogP) is 2.84. The lowest BCUT2D eigenvalue weighted by molar-refractivity contribution is 0.171. The molecule has 0 unspecified atom stereocenters. The molecule has 1 aliphatic heterocycles. The molecule has 6 heteroatoms. The summed E-state index contributed by atoms with van der Waals surface area (Å²) in [4.78, 5) is 14.2. The summed E-state index contributed by atoms with van der Waals surface area (Å²) in [5.74, 6) is 1.36. The van der Waals surface area contributed by atoms with Gasteiger partial charge in [-0.15, -0.1) is 0 Å². The first-order valence-corrected chi connectivity index (χ1v) is 8.27. The molecule has 2 aromatic carbocycles. The Kier molecular flexibility index (Phi) is 5.40. The number of hydrogen-bond donors (Lipinski definition) is 2. The van der Waals surface area contributed by atoms with Crippen molar-refractivity contribution < 1.29 is 14.3 Å². The summed E-state index contributed by atoms with van der Waals surface area (Å²) >= 11 is 0. The first kappa shape index (κ1) is 17.1. The van der Waals surface area contributed by atoms with E-state index in [2.05, 4.69) is 27.7 Å². The van der Waals surface area contributed by atoms with E-state index >= 15 is 0 Å². The van der Waals surface area contributed by atoms with Crippen molar-refractivity contribution in [2.45, 2.75) is 13.1 Å². The highest BCUT2D eigenvalue weighted by molar-refractivity contribution is 5.89. The van der Waals surface area contributed by atoms with Crippen LogP contribution in [0.5, 0.6) is 11.5 Å². The lowest BCUT2D eigenvalue weighted by Crippen LogP contribution is -2.28. The van der Waals surface area contributed by atoms with Crippen molar-refractivity contribution in [1.29, 1.82) is 0 Å². The van der Waals surface area contributed by atoms with Gasteiger partial charge >= 0.3 is 6.03 Å². The molecule has 2 aromatic rings. The molecule has 6 nitrogen and oxygen atoms in total. The zero-order valence-corrected chi connectivity index (χ0v) is 14.5. The van der Waals surface area contributed by atoms with Gasteiger partial charge in [-0.25, -0.2) is 4.79 Å². The van der Waals surface area contributed by atoms with Crippen LogP contribution < -0.4 is 20.1 Å². The molecule has 1 aliphatic rings. The number of rotatable bonds is 5. The minimum Gasteiger partial charge on any atom is -0.486 e. The fraction of sp³-hybridized carbons (Fsp3) is 0.316. The average Bonchev–Trinajstić information content (AvgIpc) is 2.60. The van der Waals surface area contributed by atoms with Crippen molar-refractivity contribution in [3.8, 4) is 11.5 Å². The summed E-state index contributed by atoms with van der Waals surface area (Å²) in [6.45, 7) is 2.44. The van der Waals surface area contributed by atoms with Gasteiger partial charge in [-0.05, 0) is 37.4 Å². The van der Waals surface area contributed by atoms with Crippen LogP contribution in [-0.4, -0.2) is 38.2 Å². The van der Waals surface area contributed by atoms with Crippen LogP contribution >= 0.6 is 0 Å². The zero-order valence-electron chi connectivity index (χ0n) is 14.5. The highest BCUT2D eigenvalue weighted by Crippen LogP contribution is 2.32. The van der Waals surface area contributed by atoms with Gasteiger partial charge in [0.15, 0.2) is 11.5 Å². The topological polar surface area (TPSA) is 62.8 Å². The minimum absolute atomic E-state index is 0.256. The fourth-order valence-corrected chi connectivity index (χ4v) is 2.61. The van der Waals surface area contributed by atoms with Crippen LogP contribution in [-0.2, 0) is 13.1 Å². The van der Waals surface area contributed by atoms with Crippen LogP contribution in [0.15, 0.2) is 42.5 Å². The molecular formula is C19H23N3O3.